The molecule has 0 aliphatic heterocycles. The zero-order chi connectivity index (χ0) is 12.4. The van der Waals surface area contributed by atoms with Gasteiger partial charge in [-0.15, -0.1) is 0 Å². The molecule has 2 rings (SSSR count). The molecule has 0 bridgehead atoms. The number of nitrogens with zero attached hydrogens (tertiary/aromatic N) is 2. The van der Waals surface area contributed by atoms with E-state index in [0.29, 0.717) is 17.3 Å². The van der Waals surface area contributed by atoms with E-state index in [-0.39, 0.29) is 5.56 Å². The summed E-state index contributed by atoms with van der Waals surface area (Å²) >= 11 is 5.75. The smallest absolute Gasteiger partial charge is 0.296 e. The summed E-state index contributed by atoms with van der Waals surface area (Å²) < 4.78 is 1.42. The van der Waals surface area contributed by atoms with Crippen molar-refractivity contribution in [3.63, 3.8) is 0 Å². The molecule has 17 heavy (non-hydrogen) atoms. The first-order chi connectivity index (χ1) is 8.06. The van der Waals surface area contributed by atoms with E-state index in [1.165, 1.54) is 10.8 Å². The molecule has 0 saturated heterocycles. The van der Waals surface area contributed by atoms with Gasteiger partial charge in [-0.3, -0.25) is 14.3 Å². The Hall–Kier alpha value is -1.88. The van der Waals surface area contributed by atoms with Gasteiger partial charge in [0.1, 0.15) is 5.15 Å². The van der Waals surface area contributed by atoms with E-state index in [4.69, 9.17) is 11.6 Å². The van der Waals surface area contributed by atoms with E-state index in [0.717, 1.165) is 5.56 Å². The van der Waals surface area contributed by atoms with Crippen molar-refractivity contribution in [3.05, 3.63) is 61.6 Å². The van der Waals surface area contributed by atoms with E-state index in [2.05, 4.69) is 9.97 Å². The van der Waals surface area contributed by atoms with Gasteiger partial charge in [-0.2, -0.15) is 0 Å². The van der Waals surface area contributed by atoms with Crippen LogP contribution in [0.15, 0.2) is 34.1 Å². The molecule has 2 heterocycles. The Morgan fingerprint density at radius 2 is 2.24 bits per heavy atom. The Balaban J connectivity index is 2.40. The van der Waals surface area contributed by atoms with Crippen molar-refractivity contribution in [1.82, 2.24) is 14.5 Å². The fraction of sp³-hybridized carbons (Fsp3) is 0.182. The zero-order valence-electron chi connectivity index (χ0n) is 9.11. The largest absolute Gasteiger partial charge is 0.328 e. The van der Waals surface area contributed by atoms with Crippen LogP contribution < -0.4 is 11.2 Å². The van der Waals surface area contributed by atoms with Crippen molar-refractivity contribution in [2.75, 3.05) is 0 Å². The highest BCUT2D eigenvalue weighted by Crippen LogP contribution is 2.07. The Labute approximate surface area is 102 Å². The van der Waals surface area contributed by atoms with Crippen LogP contribution >= 0.6 is 11.6 Å². The lowest BCUT2D eigenvalue weighted by atomic mass is 10.2. The summed E-state index contributed by atoms with van der Waals surface area (Å²) in [6.07, 6.45) is 3.09. The highest BCUT2D eigenvalue weighted by Gasteiger charge is 2.02. The van der Waals surface area contributed by atoms with Gasteiger partial charge in [0.15, 0.2) is 0 Å². The summed E-state index contributed by atoms with van der Waals surface area (Å²) in [7, 11) is 0. The van der Waals surface area contributed by atoms with Crippen LogP contribution in [0.3, 0.4) is 0 Å². The van der Waals surface area contributed by atoms with Crippen LogP contribution in [-0.2, 0) is 6.54 Å². The van der Waals surface area contributed by atoms with Crippen molar-refractivity contribution in [3.8, 4) is 0 Å². The van der Waals surface area contributed by atoms with E-state index in [9.17, 15) is 9.59 Å². The van der Waals surface area contributed by atoms with Crippen molar-refractivity contribution in [2.24, 2.45) is 0 Å². The molecule has 0 fully saturated rings. The minimum absolute atomic E-state index is 0.346. The maximum atomic E-state index is 11.5. The summed E-state index contributed by atoms with van der Waals surface area (Å²) in [4.78, 5) is 28.8. The molecule has 0 aliphatic rings. The lowest BCUT2D eigenvalue weighted by molar-refractivity contribution is 0.713. The molecule has 6 heteroatoms. The van der Waals surface area contributed by atoms with Crippen LogP contribution in [0.2, 0.25) is 5.15 Å². The quantitative estimate of drug-likeness (QED) is 0.808. The summed E-state index contributed by atoms with van der Waals surface area (Å²) in [6.45, 7) is 1.99. The Morgan fingerprint density at radius 1 is 1.47 bits per heavy atom. The number of aromatic nitrogens is 3. The molecule has 88 valence electrons. The molecule has 0 aliphatic carbocycles. The lowest BCUT2D eigenvalue weighted by Crippen LogP contribution is -2.31. The monoisotopic (exact) mass is 251 g/mol. The molecule has 0 atom stereocenters. The molecule has 2 aromatic heterocycles. The number of rotatable bonds is 2. The molecule has 0 spiro atoms. The molecule has 0 saturated carbocycles. The van der Waals surface area contributed by atoms with Crippen molar-refractivity contribution in [2.45, 2.75) is 13.5 Å². The van der Waals surface area contributed by atoms with E-state index >= 15 is 0 Å². The number of hydrogen-bond acceptors (Lipinski definition) is 3. The molecule has 0 unspecified atom stereocenters. The number of H-pyrrole nitrogens is 1. The number of nitrogens with one attached hydrogen (secondary N) is 1. The first-order valence-electron chi connectivity index (χ1n) is 4.97. The van der Waals surface area contributed by atoms with Crippen LogP contribution in [0, 0.1) is 6.92 Å². The van der Waals surface area contributed by atoms with Crippen LogP contribution in [-0.4, -0.2) is 14.5 Å². The second-order valence-corrected chi connectivity index (χ2v) is 4.07. The molecule has 0 aromatic carbocycles. The topological polar surface area (TPSA) is 67.8 Å². The number of aryl methyl sites for hydroxylation is 1. The van der Waals surface area contributed by atoms with Gasteiger partial charge in [0.05, 0.1) is 6.54 Å². The van der Waals surface area contributed by atoms with Gasteiger partial charge in [0.2, 0.25) is 0 Å². The van der Waals surface area contributed by atoms with Gasteiger partial charge in [0, 0.05) is 18.0 Å². The predicted octanol–water partition coefficient (Wildman–Crippen LogP) is 0.942. The Bertz CT molecular complexity index is 660. The van der Waals surface area contributed by atoms with E-state index < -0.39 is 5.69 Å². The predicted molar refractivity (Wildman–Crippen MR) is 64.4 cm³/mol. The van der Waals surface area contributed by atoms with Gasteiger partial charge < -0.3 is 0 Å². The Morgan fingerprint density at radius 3 is 2.94 bits per heavy atom. The highest BCUT2D eigenvalue weighted by molar-refractivity contribution is 6.29. The SMILES string of the molecule is Cc1cn(Cc2ccnc(Cl)c2)c(=O)[nH]c1=O. The van der Waals surface area contributed by atoms with Crippen molar-refractivity contribution < 1.29 is 0 Å². The highest BCUT2D eigenvalue weighted by atomic mass is 35.5. The Kier molecular flexibility index (Phi) is 3.10. The lowest BCUT2D eigenvalue weighted by Gasteiger charge is -2.05. The third-order valence-electron chi connectivity index (χ3n) is 2.33. The molecular weight excluding hydrogens is 242 g/mol. The van der Waals surface area contributed by atoms with Crippen LogP contribution in [0.25, 0.3) is 0 Å². The average molecular weight is 252 g/mol. The summed E-state index contributed by atoms with van der Waals surface area (Å²) in [5.74, 6) is 0. The minimum atomic E-state index is -0.437. The second-order valence-electron chi connectivity index (χ2n) is 3.69. The van der Waals surface area contributed by atoms with Crippen LogP contribution in [0.1, 0.15) is 11.1 Å². The van der Waals surface area contributed by atoms with Gasteiger partial charge >= 0.3 is 5.69 Å². The third-order valence-corrected chi connectivity index (χ3v) is 2.54. The third kappa shape index (κ3) is 2.62. The second kappa shape index (κ2) is 4.55. The van der Waals surface area contributed by atoms with Gasteiger partial charge in [-0.25, -0.2) is 9.78 Å². The molecule has 0 amide bonds. The van der Waals surface area contributed by atoms with Crippen LogP contribution in [0.4, 0.5) is 0 Å². The fourth-order valence-electron chi connectivity index (χ4n) is 1.47. The van der Waals surface area contributed by atoms with Gasteiger partial charge in [0.25, 0.3) is 5.56 Å². The molecule has 1 N–H and O–H groups in total. The maximum absolute atomic E-state index is 11.5. The van der Waals surface area contributed by atoms with Crippen LogP contribution in [0.5, 0.6) is 0 Å². The number of hydrogen-bond donors (Lipinski definition) is 1. The van der Waals surface area contributed by atoms with E-state index in [1.54, 1.807) is 25.3 Å². The van der Waals surface area contributed by atoms with Gasteiger partial charge in [-0.1, -0.05) is 11.6 Å². The first-order valence-corrected chi connectivity index (χ1v) is 5.35. The van der Waals surface area contributed by atoms with Crippen molar-refractivity contribution >= 4 is 11.6 Å². The molecule has 5 nitrogen and oxygen atoms in total. The first kappa shape index (κ1) is 11.6. The molecule has 0 radical (unpaired) electrons. The van der Waals surface area contributed by atoms with Crippen molar-refractivity contribution in [1.29, 1.82) is 0 Å². The number of pyridine rings is 1. The molecular formula is C11H10ClN3O2. The standard InChI is InChI=1S/C11H10ClN3O2/c1-7-5-15(11(17)14-10(7)16)6-8-2-3-13-9(12)4-8/h2-5H,6H2,1H3,(H,14,16,17). The zero-order valence-corrected chi connectivity index (χ0v) is 9.86. The maximum Gasteiger partial charge on any atom is 0.328 e. The van der Waals surface area contributed by atoms with Gasteiger partial charge in [-0.05, 0) is 24.6 Å². The summed E-state index contributed by atoms with van der Waals surface area (Å²) in [6, 6.07) is 3.44. The molecule has 2 aromatic rings. The summed E-state index contributed by atoms with van der Waals surface area (Å²) in [5.41, 5.74) is 0.538. The number of halogens is 1. The number of aromatic amines is 1. The minimum Gasteiger partial charge on any atom is -0.296 e. The average Bonchev–Trinajstić information content (AvgIpc) is 2.26. The summed E-state index contributed by atoms with van der Waals surface area (Å²) in [5, 5.41) is 0.372. The van der Waals surface area contributed by atoms with E-state index in [1.807, 2.05) is 0 Å². The fourth-order valence-corrected chi connectivity index (χ4v) is 1.67. The normalized spacial score (nSPS) is 10.5.